The molecule has 0 aromatic heterocycles. The molecule has 0 saturated carbocycles. The maximum absolute atomic E-state index is 12.7. The SMILES string of the molecule is CCCCCCCCCCCCCCCCCCCCCC(=O)O[C@H](COC(=O)CCCCCCCCC)COC(=O)CCCCCCCCCC(C)C. The highest BCUT2D eigenvalue weighted by molar-refractivity contribution is 5.71. The highest BCUT2D eigenvalue weighted by Crippen LogP contribution is 2.16. The molecule has 54 heavy (non-hydrogen) atoms. The van der Waals surface area contributed by atoms with Crippen molar-refractivity contribution in [2.24, 2.45) is 5.92 Å². The van der Waals surface area contributed by atoms with E-state index in [1.54, 1.807) is 0 Å². The van der Waals surface area contributed by atoms with Crippen molar-refractivity contribution in [3.05, 3.63) is 0 Å². The van der Waals surface area contributed by atoms with Crippen LogP contribution in [0.5, 0.6) is 0 Å². The number of esters is 3. The fourth-order valence-electron chi connectivity index (χ4n) is 7.16. The molecule has 0 amide bonds. The van der Waals surface area contributed by atoms with Crippen LogP contribution in [0.1, 0.15) is 265 Å². The molecule has 320 valence electrons. The van der Waals surface area contributed by atoms with Gasteiger partial charge in [-0.25, -0.2) is 0 Å². The average Bonchev–Trinajstić information content (AvgIpc) is 3.15. The van der Waals surface area contributed by atoms with Crippen LogP contribution in [0.4, 0.5) is 0 Å². The minimum absolute atomic E-state index is 0.0651. The predicted molar refractivity (Wildman–Crippen MR) is 229 cm³/mol. The summed E-state index contributed by atoms with van der Waals surface area (Å²) in [4.78, 5) is 37.6. The largest absolute Gasteiger partial charge is 0.462 e. The van der Waals surface area contributed by atoms with Crippen LogP contribution in [-0.4, -0.2) is 37.2 Å². The zero-order valence-electron chi connectivity index (χ0n) is 36.7. The molecule has 0 radical (unpaired) electrons. The molecule has 0 unspecified atom stereocenters. The highest BCUT2D eigenvalue weighted by atomic mass is 16.6. The second kappa shape index (κ2) is 42.6. The molecule has 0 aliphatic heterocycles. The van der Waals surface area contributed by atoms with Crippen molar-refractivity contribution in [2.75, 3.05) is 13.2 Å². The number of carbonyl (C=O) groups is 3. The summed E-state index contributed by atoms with van der Waals surface area (Å²) in [6.45, 7) is 8.92. The van der Waals surface area contributed by atoms with Gasteiger partial charge in [-0.2, -0.15) is 0 Å². The Labute approximate surface area is 336 Å². The summed E-state index contributed by atoms with van der Waals surface area (Å²) >= 11 is 0. The normalized spacial score (nSPS) is 11.9. The standard InChI is InChI=1S/C48H92O6/c1-5-7-9-11-13-14-15-16-17-18-19-20-21-22-23-24-28-33-37-41-48(51)54-45(42-52-46(49)39-35-31-26-12-10-8-6-2)43-53-47(50)40-36-32-29-25-27-30-34-38-44(3)4/h44-45H,5-43H2,1-4H3/t45-/m1/s1. The van der Waals surface area contributed by atoms with E-state index < -0.39 is 6.10 Å². The molecule has 6 heteroatoms. The molecule has 0 aromatic rings. The van der Waals surface area contributed by atoms with Crippen molar-refractivity contribution >= 4 is 17.9 Å². The summed E-state index contributed by atoms with van der Waals surface area (Å²) in [6, 6.07) is 0. The second-order valence-electron chi connectivity index (χ2n) is 16.9. The fourth-order valence-corrected chi connectivity index (χ4v) is 7.16. The molecular weight excluding hydrogens is 673 g/mol. The number of ether oxygens (including phenoxy) is 3. The Bertz CT molecular complexity index is 811. The third kappa shape index (κ3) is 41.6. The summed E-state index contributed by atoms with van der Waals surface area (Å²) in [6.07, 6.45) is 42.6. The van der Waals surface area contributed by atoms with Gasteiger partial charge in [0.25, 0.3) is 0 Å². The first kappa shape index (κ1) is 52.4. The number of unbranched alkanes of at least 4 members (excludes halogenated alkanes) is 30. The second-order valence-corrected chi connectivity index (χ2v) is 16.9. The first-order valence-electron chi connectivity index (χ1n) is 23.9. The van der Waals surface area contributed by atoms with E-state index in [4.69, 9.17) is 14.2 Å². The first-order chi connectivity index (χ1) is 26.4. The number of hydrogen-bond donors (Lipinski definition) is 0. The summed E-state index contributed by atoms with van der Waals surface area (Å²) in [5.74, 6) is -0.0796. The Kier molecular flexibility index (Phi) is 41.3. The van der Waals surface area contributed by atoms with Gasteiger partial charge in [0, 0.05) is 19.3 Å². The van der Waals surface area contributed by atoms with Gasteiger partial charge in [0.1, 0.15) is 13.2 Å². The van der Waals surface area contributed by atoms with E-state index in [2.05, 4.69) is 27.7 Å². The van der Waals surface area contributed by atoms with Crippen LogP contribution >= 0.6 is 0 Å². The van der Waals surface area contributed by atoms with Gasteiger partial charge < -0.3 is 14.2 Å². The van der Waals surface area contributed by atoms with E-state index in [0.29, 0.717) is 19.3 Å². The fraction of sp³-hybridized carbons (Fsp3) is 0.938. The van der Waals surface area contributed by atoms with Gasteiger partial charge in [-0.3, -0.25) is 14.4 Å². The lowest BCUT2D eigenvalue weighted by Crippen LogP contribution is -2.30. The molecular formula is C48H92O6. The van der Waals surface area contributed by atoms with Crippen molar-refractivity contribution in [3.63, 3.8) is 0 Å². The predicted octanol–water partition coefficient (Wildman–Crippen LogP) is 15.1. The van der Waals surface area contributed by atoms with Gasteiger partial charge in [0.15, 0.2) is 6.10 Å². The first-order valence-corrected chi connectivity index (χ1v) is 23.9. The lowest BCUT2D eigenvalue weighted by Gasteiger charge is -2.18. The van der Waals surface area contributed by atoms with Gasteiger partial charge in [0.05, 0.1) is 0 Å². The Morgan fingerprint density at radius 3 is 0.907 bits per heavy atom. The molecule has 0 N–H and O–H groups in total. The zero-order chi connectivity index (χ0) is 39.6. The summed E-state index contributed by atoms with van der Waals surface area (Å²) < 4.78 is 16.7. The molecule has 0 aliphatic rings. The molecule has 0 fully saturated rings. The van der Waals surface area contributed by atoms with Crippen LogP contribution in [0.15, 0.2) is 0 Å². The molecule has 0 aliphatic carbocycles. The van der Waals surface area contributed by atoms with Gasteiger partial charge in [0.2, 0.25) is 0 Å². The molecule has 6 nitrogen and oxygen atoms in total. The Hall–Kier alpha value is -1.59. The van der Waals surface area contributed by atoms with E-state index in [9.17, 15) is 14.4 Å². The van der Waals surface area contributed by atoms with Crippen molar-refractivity contribution in [3.8, 4) is 0 Å². The van der Waals surface area contributed by atoms with E-state index >= 15 is 0 Å². The lowest BCUT2D eigenvalue weighted by molar-refractivity contribution is -0.167. The smallest absolute Gasteiger partial charge is 0.306 e. The van der Waals surface area contributed by atoms with Crippen molar-refractivity contribution in [1.82, 2.24) is 0 Å². The Morgan fingerprint density at radius 1 is 0.352 bits per heavy atom. The third-order valence-corrected chi connectivity index (χ3v) is 10.8. The van der Waals surface area contributed by atoms with Crippen molar-refractivity contribution in [1.29, 1.82) is 0 Å². The maximum Gasteiger partial charge on any atom is 0.306 e. The van der Waals surface area contributed by atoms with Crippen molar-refractivity contribution < 1.29 is 28.6 Å². The zero-order valence-corrected chi connectivity index (χ0v) is 36.7. The van der Waals surface area contributed by atoms with Crippen LogP contribution in [0.3, 0.4) is 0 Å². The third-order valence-electron chi connectivity index (χ3n) is 10.8. The molecule has 0 aromatic carbocycles. The van der Waals surface area contributed by atoms with Crippen LogP contribution in [0, 0.1) is 5.92 Å². The van der Waals surface area contributed by atoms with Crippen LogP contribution in [0.2, 0.25) is 0 Å². The molecule has 0 bridgehead atoms. The van der Waals surface area contributed by atoms with Gasteiger partial charge in [-0.15, -0.1) is 0 Å². The summed E-state index contributed by atoms with van der Waals surface area (Å²) in [5.41, 5.74) is 0. The molecule has 0 heterocycles. The van der Waals surface area contributed by atoms with Gasteiger partial charge in [-0.1, -0.05) is 227 Å². The lowest BCUT2D eigenvalue weighted by atomic mass is 10.0. The number of hydrogen-bond acceptors (Lipinski definition) is 6. The Balaban J connectivity index is 4.18. The molecule has 0 spiro atoms. The Morgan fingerprint density at radius 2 is 0.611 bits per heavy atom. The minimum atomic E-state index is -0.759. The monoisotopic (exact) mass is 765 g/mol. The van der Waals surface area contributed by atoms with Crippen LogP contribution in [-0.2, 0) is 28.6 Å². The van der Waals surface area contributed by atoms with Gasteiger partial charge in [-0.05, 0) is 25.2 Å². The minimum Gasteiger partial charge on any atom is -0.462 e. The summed E-state index contributed by atoms with van der Waals surface area (Å²) in [7, 11) is 0. The number of carbonyl (C=O) groups excluding carboxylic acids is 3. The quantitative estimate of drug-likeness (QED) is 0.0349. The molecule has 1 atom stereocenters. The van der Waals surface area contributed by atoms with E-state index in [1.807, 2.05) is 0 Å². The molecule has 0 rings (SSSR count). The van der Waals surface area contributed by atoms with E-state index in [1.165, 1.54) is 161 Å². The van der Waals surface area contributed by atoms with E-state index in [0.717, 1.165) is 63.7 Å². The molecule has 0 saturated heterocycles. The average molecular weight is 765 g/mol. The van der Waals surface area contributed by atoms with Crippen LogP contribution in [0.25, 0.3) is 0 Å². The number of rotatable bonds is 43. The van der Waals surface area contributed by atoms with E-state index in [-0.39, 0.29) is 31.1 Å². The highest BCUT2D eigenvalue weighted by Gasteiger charge is 2.19. The van der Waals surface area contributed by atoms with Crippen molar-refractivity contribution in [2.45, 2.75) is 271 Å². The van der Waals surface area contributed by atoms with Gasteiger partial charge >= 0.3 is 17.9 Å². The summed E-state index contributed by atoms with van der Waals surface area (Å²) in [5, 5.41) is 0. The van der Waals surface area contributed by atoms with Crippen LogP contribution < -0.4 is 0 Å². The maximum atomic E-state index is 12.7. The topological polar surface area (TPSA) is 78.9 Å².